The lowest BCUT2D eigenvalue weighted by atomic mass is 10.1. The van der Waals surface area contributed by atoms with Crippen molar-refractivity contribution < 1.29 is 44.8 Å². The second-order valence-corrected chi connectivity index (χ2v) is 6.75. The fraction of sp³-hybridized carbons (Fsp3) is 0.333. The van der Waals surface area contributed by atoms with E-state index in [2.05, 4.69) is 4.18 Å². The third-order valence-electron chi connectivity index (χ3n) is 2.71. The number of halogens is 3. The van der Waals surface area contributed by atoms with E-state index in [-0.39, 0.29) is 11.4 Å². The highest BCUT2D eigenvalue weighted by Crippen LogP contribution is 2.41. The zero-order valence-electron chi connectivity index (χ0n) is 12.6. The molecule has 0 aromatic heterocycles. The number of cyclic esters (lactones) is 1. The van der Waals surface area contributed by atoms with E-state index >= 15 is 0 Å². The Balaban J connectivity index is 2.62. The molecular weight excluding hydrogens is 370 g/mol. The molecule has 13 heteroatoms. The summed E-state index contributed by atoms with van der Waals surface area (Å²) in [7, 11) is -1.18. The number of ether oxygens (including phenoxy) is 2. The molecule has 1 amide bonds. The Morgan fingerprint density at radius 3 is 2.40 bits per heavy atom. The molecule has 0 saturated carbocycles. The van der Waals surface area contributed by atoms with E-state index in [0.29, 0.717) is 6.07 Å². The molecule has 2 radical (unpaired) electrons. The summed E-state index contributed by atoms with van der Waals surface area (Å²) < 4.78 is 74.1. The van der Waals surface area contributed by atoms with Gasteiger partial charge in [-0.25, -0.2) is 4.79 Å². The van der Waals surface area contributed by atoms with E-state index in [1.165, 1.54) is 13.8 Å². The number of hydrogen-bond acceptors (Lipinski definition) is 7. The third kappa shape index (κ3) is 3.98. The lowest BCUT2D eigenvalue weighted by molar-refractivity contribution is -0.127. The first-order valence-corrected chi connectivity index (χ1v) is 7.80. The Kier molecular flexibility index (Phi) is 4.40. The van der Waals surface area contributed by atoms with Gasteiger partial charge in [-0.2, -0.15) is 21.6 Å². The normalized spacial score (nSPS) is 16.3. The number of anilines is 1. The lowest BCUT2D eigenvalue weighted by Gasteiger charge is -2.32. The maximum atomic E-state index is 12.5. The minimum absolute atomic E-state index is 0.260. The van der Waals surface area contributed by atoms with Gasteiger partial charge in [0.1, 0.15) is 11.3 Å². The number of nitrogens with one attached hydrogen (secondary N) is 1. The van der Waals surface area contributed by atoms with Crippen molar-refractivity contribution in [1.29, 1.82) is 0 Å². The molecule has 0 bridgehead atoms. The largest absolute Gasteiger partial charge is 0.534 e. The quantitative estimate of drug-likeness (QED) is 0.370. The van der Waals surface area contributed by atoms with Crippen LogP contribution in [0.5, 0.6) is 11.5 Å². The minimum atomic E-state index is -6.09. The number of hydrogen-bond donors (Lipinski definition) is 1. The van der Waals surface area contributed by atoms with E-state index in [1.54, 1.807) is 0 Å². The second kappa shape index (κ2) is 5.83. The average molecular weight is 379 g/mol. The maximum absolute atomic E-state index is 12.5. The third-order valence-corrected chi connectivity index (χ3v) is 3.68. The molecule has 0 aliphatic carbocycles. The molecule has 1 aliphatic rings. The molecule has 25 heavy (non-hydrogen) atoms. The SMILES string of the molecule is [B]C(=O)Nc1cc2c(c(OS(=O)(=O)C(F)(F)F)c1)C(=O)OC(C)(C)O2. The van der Waals surface area contributed by atoms with E-state index in [9.17, 15) is 31.2 Å². The highest BCUT2D eigenvalue weighted by molar-refractivity contribution is 7.88. The van der Waals surface area contributed by atoms with Gasteiger partial charge >= 0.3 is 21.6 Å². The van der Waals surface area contributed by atoms with Crippen molar-refractivity contribution in [3.8, 4) is 11.5 Å². The fourth-order valence-electron chi connectivity index (χ4n) is 1.88. The first kappa shape index (κ1) is 18.9. The summed E-state index contributed by atoms with van der Waals surface area (Å²) in [5.74, 6) is -5.17. The Hall–Kier alpha value is -2.44. The van der Waals surface area contributed by atoms with Crippen LogP contribution in [0.25, 0.3) is 0 Å². The summed E-state index contributed by atoms with van der Waals surface area (Å²) in [6, 6.07) is 1.71. The molecule has 0 fully saturated rings. The molecule has 1 aromatic carbocycles. The van der Waals surface area contributed by atoms with Gasteiger partial charge in [0, 0.05) is 31.7 Å². The van der Waals surface area contributed by atoms with Crippen molar-refractivity contribution in [2.24, 2.45) is 0 Å². The van der Waals surface area contributed by atoms with Crippen LogP contribution in [0.4, 0.5) is 23.7 Å². The van der Waals surface area contributed by atoms with Crippen LogP contribution in [0.2, 0.25) is 0 Å². The van der Waals surface area contributed by atoms with Gasteiger partial charge < -0.3 is 19.0 Å². The molecule has 1 heterocycles. The van der Waals surface area contributed by atoms with Crippen molar-refractivity contribution in [3.05, 3.63) is 17.7 Å². The van der Waals surface area contributed by atoms with Gasteiger partial charge in [0.15, 0.2) is 11.6 Å². The highest BCUT2D eigenvalue weighted by atomic mass is 32.2. The molecule has 1 N–H and O–H groups in total. The fourth-order valence-corrected chi connectivity index (χ4v) is 2.34. The van der Waals surface area contributed by atoms with Crippen molar-refractivity contribution in [1.82, 2.24) is 0 Å². The molecule has 134 valence electrons. The molecule has 2 rings (SSSR count). The number of fused-ring (bicyclic) bond motifs is 1. The molecule has 0 atom stereocenters. The summed E-state index contributed by atoms with van der Waals surface area (Å²) in [6.45, 7) is 2.66. The second-order valence-electron chi connectivity index (χ2n) is 5.21. The average Bonchev–Trinajstić information content (AvgIpc) is 2.32. The standard InChI is InChI=1S/C12H9BF3NO7S/c1-11(2)22-6-3-5(17-10(13)19)4-7(8(6)9(18)23-11)24-25(20,21)12(14,15)16/h3-4H,1-2H3,(H,17,19). The van der Waals surface area contributed by atoms with Gasteiger partial charge in [-0.05, 0) is 0 Å². The van der Waals surface area contributed by atoms with Gasteiger partial charge in [0.25, 0.3) is 0 Å². The number of amides is 1. The zero-order chi connectivity index (χ0) is 19.2. The van der Waals surface area contributed by atoms with Gasteiger partial charge in [0.05, 0.1) is 0 Å². The van der Waals surface area contributed by atoms with Gasteiger partial charge in [0.2, 0.25) is 13.6 Å². The maximum Gasteiger partial charge on any atom is 0.534 e. The number of rotatable bonds is 3. The van der Waals surface area contributed by atoms with Gasteiger partial charge in [-0.1, -0.05) is 0 Å². The van der Waals surface area contributed by atoms with Crippen LogP contribution in [-0.4, -0.2) is 39.3 Å². The van der Waals surface area contributed by atoms with E-state index in [0.717, 1.165) is 6.07 Å². The number of esters is 1. The van der Waals surface area contributed by atoms with Crippen LogP contribution in [0, 0.1) is 0 Å². The lowest BCUT2D eigenvalue weighted by Crippen LogP contribution is -2.39. The van der Waals surface area contributed by atoms with E-state index in [1.807, 2.05) is 5.32 Å². The molecular formula is C12H9BF3NO7S. The summed E-state index contributed by atoms with van der Waals surface area (Å²) in [5, 5.41) is 2.01. The van der Waals surface area contributed by atoms with Crippen molar-refractivity contribution in [2.45, 2.75) is 25.1 Å². The Morgan fingerprint density at radius 1 is 1.28 bits per heavy atom. The minimum Gasteiger partial charge on any atom is -0.452 e. The van der Waals surface area contributed by atoms with Crippen molar-refractivity contribution in [3.63, 3.8) is 0 Å². The summed E-state index contributed by atoms with van der Waals surface area (Å²) in [4.78, 5) is 22.9. The molecule has 0 unspecified atom stereocenters. The van der Waals surface area contributed by atoms with Crippen LogP contribution in [0.3, 0.4) is 0 Å². The Morgan fingerprint density at radius 2 is 1.88 bits per heavy atom. The van der Waals surface area contributed by atoms with E-state index < -0.39 is 44.5 Å². The van der Waals surface area contributed by atoms with Crippen molar-refractivity contribution in [2.75, 3.05) is 5.32 Å². The number of carbonyl (C=O) groups is 2. The first-order chi connectivity index (χ1) is 11.2. The van der Waals surface area contributed by atoms with Crippen LogP contribution in [-0.2, 0) is 14.9 Å². The molecule has 0 spiro atoms. The Labute approximate surface area is 140 Å². The highest BCUT2D eigenvalue weighted by Gasteiger charge is 2.49. The van der Waals surface area contributed by atoms with Crippen LogP contribution in [0.1, 0.15) is 24.2 Å². The number of carbonyl (C=O) groups excluding carboxylic acids is 2. The van der Waals surface area contributed by atoms with Gasteiger partial charge in [-0.15, -0.1) is 0 Å². The molecule has 8 nitrogen and oxygen atoms in total. The summed E-state index contributed by atoms with van der Waals surface area (Å²) in [6.07, 6.45) is 0. The van der Waals surface area contributed by atoms with Crippen LogP contribution >= 0.6 is 0 Å². The molecule has 1 aliphatic heterocycles. The topological polar surface area (TPSA) is 108 Å². The van der Waals surface area contributed by atoms with Gasteiger partial charge in [-0.3, -0.25) is 4.79 Å². The number of alkyl halides is 3. The zero-order valence-corrected chi connectivity index (χ0v) is 13.4. The molecule has 1 aromatic rings. The van der Waals surface area contributed by atoms with Crippen LogP contribution < -0.4 is 14.2 Å². The monoisotopic (exact) mass is 379 g/mol. The predicted octanol–water partition coefficient (Wildman–Crippen LogP) is 1.90. The predicted molar refractivity (Wildman–Crippen MR) is 76.9 cm³/mol. The first-order valence-electron chi connectivity index (χ1n) is 6.39. The smallest absolute Gasteiger partial charge is 0.452 e. The van der Waals surface area contributed by atoms with E-state index in [4.69, 9.17) is 17.3 Å². The summed E-state index contributed by atoms with van der Waals surface area (Å²) in [5.41, 5.74) is -6.70. The summed E-state index contributed by atoms with van der Waals surface area (Å²) >= 11 is 0. The molecule has 0 saturated heterocycles. The number of benzene rings is 1. The van der Waals surface area contributed by atoms with Crippen molar-refractivity contribution >= 4 is 35.4 Å². The van der Waals surface area contributed by atoms with Crippen LogP contribution in [0.15, 0.2) is 12.1 Å². The Bertz CT molecular complexity index is 851.